The Morgan fingerprint density at radius 3 is 2.03 bits per heavy atom. The van der Waals surface area contributed by atoms with Crippen LogP contribution in [0.15, 0.2) is 24.3 Å². The van der Waals surface area contributed by atoms with E-state index >= 15 is 0 Å². The van der Waals surface area contributed by atoms with E-state index in [1.807, 2.05) is 0 Å². The van der Waals surface area contributed by atoms with Gasteiger partial charge in [0, 0.05) is 6.42 Å². The Morgan fingerprint density at radius 2 is 1.42 bits per heavy atom. The minimum absolute atomic E-state index is 0.190. The third-order valence-electron chi connectivity index (χ3n) is 4.94. The van der Waals surface area contributed by atoms with Crippen molar-refractivity contribution in [3.8, 4) is 0 Å². The minimum atomic E-state index is -1.91. The van der Waals surface area contributed by atoms with Crippen LogP contribution in [-0.4, -0.2) is 63.7 Å². The standard InChI is InChI=1S/C24H42O7/c1-2-3-4-5-6-7-8-9-10-11-12-13-14-15-16-17-22(28)31-19-21(27)24(30)23(29)20(26)18-25/h6-7,9-10,20,23-26,29-30H,2-5,8,11-19H2,1H3/b7-6-,10-9-/t20-,23+,24+/m1/s1. The van der Waals surface area contributed by atoms with Crippen LogP contribution < -0.4 is 0 Å². The smallest absolute Gasteiger partial charge is 0.306 e. The monoisotopic (exact) mass is 442 g/mol. The fraction of sp³-hybridized carbons (Fsp3) is 0.750. The van der Waals surface area contributed by atoms with Gasteiger partial charge < -0.3 is 25.2 Å². The van der Waals surface area contributed by atoms with Crippen molar-refractivity contribution in [2.75, 3.05) is 13.2 Å². The summed E-state index contributed by atoms with van der Waals surface area (Å²) >= 11 is 0. The molecular formula is C24H42O7. The lowest BCUT2D eigenvalue weighted by Gasteiger charge is -2.20. The predicted molar refractivity (Wildman–Crippen MR) is 120 cm³/mol. The first kappa shape index (κ1) is 29.5. The Bertz CT molecular complexity index is 516. The van der Waals surface area contributed by atoms with Crippen LogP contribution in [-0.2, 0) is 14.3 Å². The van der Waals surface area contributed by atoms with Gasteiger partial charge in [-0.05, 0) is 38.5 Å². The molecule has 3 atom stereocenters. The lowest BCUT2D eigenvalue weighted by molar-refractivity contribution is -0.155. The van der Waals surface area contributed by atoms with Crippen LogP contribution in [0.25, 0.3) is 0 Å². The number of Topliss-reactive ketones (excluding diaryl/α,β-unsaturated/α-hetero) is 1. The summed E-state index contributed by atoms with van der Waals surface area (Å²) in [7, 11) is 0. The zero-order valence-electron chi connectivity index (χ0n) is 19.0. The number of carbonyl (C=O) groups excluding carboxylic acids is 2. The highest BCUT2D eigenvalue weighted by molar-refractivity contribution is 5.86. The van der Waals surface area contributed by atoms with Crippen molar-refractivity contribution < 1.29 is 34.8 Å². The summed E-state index contributed by atoms with van der Waals surface area (Å²) in [6.45, 7) is 0.746. The highest BCUT2D eigenvalue weighted by Gasteiger charge is 2.30. The molecule has 31 heavy (non-hydrogen) atoms. The summed E-state index contributed by atoms with van der Waals surface area (Å²) in [6, 6.07) is 0. The first-order valence-electron chi connectivity index (χ1n) is 11.6. The molecular weight excluding hydrogens is 400 g/mol. The number of hydrogen-bond donors (Lipinski definition) is 4. The van der Waals surface area contributed by atoms with Crippen LogP contribution in [0.5, 0.6) is 0 Å². The van der Waals surface area contributed by atoms with Gasteiger partial charge in [0.05, 0.1) is 6.61 Å². The zero-order valence-corrected chi connectivity index (χ0v) is 19.0. The molecule has 0 aromatic heterocycles. The number of carbonyl (C=O) groups is 2. The van der Waals surface area contributed by atoms with Gasteiger partial charge in [0.15, 0.2) is 6.61 Å². The molecule has 0 rings (SSSR count). The molecule has 4 N–H and O–H groups in total. The van der Waals surface area contributed by atoms with Gasteiger partial charge in [-0.3, -0.25) is 9.59 Å². The largest absolute Gasteiger partial charge is 0.458 e. The van der Waals surface area contributed by atoms with Gasteiger partial charge in [0.1, 0.15) is 18.3 Å². The number of esters is 1. The average molecular weight is 443 g/mol. The van der Waals surface area contributed by atoms with Gasteiger partial charge in [-0.2, -0.15) is 0 Å². The normalized spacial score (nSPS) is 14.7. The highest BCUT2D eigenvalue weighted by Crippen LogP contribution is 2.09. The summed E-state index contributed by atoms with van der Waals surface area (Å²) in [4.78, 5) is 23.3. The molecule has 0 spiro atoms. The van der Waals surface area contributed by atoms with Crippen molar-refractivity contribution in [2.24, 2.45) is 0 Å². The fourth-order valence-corrected chi connectivity index (χ4v) is 2.90. The van der Waals surface area contributed by atoms with E-state index < -0.39 is 43.3 Å². The highest BCUT2D eigenvalue weighted by atomic mass is 16.5. The molecule has 0 saturated carbocycles. The molecule has 7 nitrogen and oxygen atoms in total. The maximum atomic E-state index is 11.6. The molecule has 0 amide bonds. The van der Waals surface area contributed by atoms with E-state index in [9.17, 15) is 24.9 Å². The number of hydrogen-bond acceptors (Lipinski definition) is 7. The Hall–Kier alpha value is -1.54. The number of unbranched alkanes of at least 4 members (excludes halogenated alkanes) is 8. The maximum absolute atomic E-state index is 11.6. The Morgan fingerprint density at radius 1 is 0.839 bits per heavy atom. The van der Waals surface area contributed by atoms with Crippen LogP contribution in [0.3, 0.4) is 0 Å². The maximum Gasteiger partial charge on any atom is 0.306 e. The van der Waals surface area contributed by atoms with Gasteiger partial charge in [-0.15, -0.1) is 0 Å². The molecule has 0 aromatic rings. The Kier molecular flexibility index (Phi) is 19.4. The quantitative estimate of drug-likeness (QED) is 0.130. The lowest BCUT2D eigenvalue weighted by atomic mass is 10.1. The van der Waals surface area contributed by atoms with E-state index in [0.717, 1.165) is 38.5 Å². The molecule has 0 aromatic carbocycles. The van der Waals surface area contributed by atoms with E-state index in [1.165, 1.54) is 25.7 Å². The second kappa shape index (κ2) is 20.4. The average Bonchev–Trinajstić information content (AvgIpc) is 2.78. The van der Waals surface area contributed by atoms with E-state index in [2.05, 4.69) is 31.2 Å². The molecule has 0 heterocycles. The van der Waals surface area contributed by atoms with E-state index in [0.29, 0.717) is 6.42 Å². The molecule has 0 fully saturated rings. The number of ketones is 1. The molecule has 180 valence electrons. The van der Waals surface area contributed by atoms with Crippen LogP contribution in [0.2, 0.25) is 0 Å². The molecule has 7 heteroatoms. The Labute approximate surface area is 186 Å². The molecule has 0 unspecified atom stereocenters. The minimum Gasteiger partial charge on any atom is -0.458 e. The third-order valence-corrected chi connectivity index (χ3v) is 4.94. The lowest BCUT2D eigenvalue weighted by Crippen LogP contribution is -2.45. The van der Waals surface area contributed by atoms with Gasteiger partial charge in [-0.25, -0.2) is 0 Å². The molecule has 0 bridgehead atoms. The van der Waals surface area contributed by atoms with Crippen molar-refractivity contribution in [2.45, 2.75) is 102 Å². The van der Waals surface area contributed by atoms with Gasteiger partial charge >= 0.3 is 5.97 Å². The van der Waals surface area contributed by atoms with Crippen LogP contribution in [0.1, 0.15) is 84.0 Å². The van der Waals surface area contributed by atoms with Crippen molar-refractivity contribution in [3.63, 3.8) is 0 Å². The third kappa shape index (κ3) is 16.8. The van der Waals surface area contributed by atoms with E-state index in [4.69, 9.17) is 9.84 Å². The van der Waals surface area contributed by atoms with Crippen molar-refractivity contribution in [1.82, 2.24) is 0 Å². The summed E-state index contributed by atoms with van der Waals surface area (Å²) in [5, 5.41) is 36.9. The molecule has 0 aliphatic heterocycles. The number of ether oxygens (including phenoxy) is 1. The SMILES string of the molecule is CCCCC/C=C\C/C=C\CCCCCCCC(=O)OCC(=O)[C@H](O)[C@@H](O)[C@H](O)CO. The van der Waals surface area contributed by atoms with Crippen LogP contribution in [0, 0.1) is 0 Å². The molecule has 0 aliphatic rings. The summed E-state index contributed by atoms with van der Waals surface area (Å²) in [5.41, 5.74) is 0. The number of aliphatic hydroxyl groups excluding tert-OH is 4. The van der Waals surface area contributed by atoms with E-state index in [1.54, 1.807) is 0 Å². The number of allylic oxidation sites excluding steroid dienone is 4. The number of aliphatic hydroxyl groups is 4. The second-order valence-corrected chi connectivity index (χ2v) is 7.79. The zero-order chi connectivity index (χ0) is 23.3. The summed E-state index contributed by atoms with van der Waals surface area (Å²) in [5.74, 6) is -1.46. The first-order chi connectivity index (χ1) is 14.9. The van der Waals surface area contributed by atoms with Crippen molar-refractivity contribution >= 4 is 11.8 Å². The predicted octanol–water partition coefficient (Wildman–Crippen LogP) is 2.99. The summed E-state index contributed by atoms with van der Waals surface area (Å²) in [6.07, 6.45) is 15.6. The van der Waals surface area contributed by atoms with Crippen LogP contribution >= 0.6 is 0 Å². The first-order valence-corrected chi connectivity index (χ1v) is 11.6. The van der Waals surface area contributed by atoms with Gasteiger partial charge in [-0.1, -0.05) is 63.3 Å². The number of rotatable bonds is 20. The van der Waals surface area contributed by atoms with Crippen molar-refractivity contribution in [1.29, 1.82) is 0 Å². The van der Waals surface area contributed by atoms with Gasteiger partial charge in [0.25, 0.3) is 0 Å². The Balaban J connectivity index is 3.61. The molecule has 0 aliphatic carbocycles. The molecule has 0 radical (unpaired) electrons. The molecule has 0 saturated heterocycles. The van der Waals surface area contributed by atoms with Crippen molar-refractivity contribution in [3.05, 3.63) is 24.3 Å². The van der Waals surface area contributed by atoms with Gasteiger partial charge in [0.2, 0.25) is 5.78 Å². The second-order valence-electron chi connectivity index (χ2n) is 7.79. The van der Waals surface area contributed by atoms with E-state index in [-0.39, 0.29) is 6.42 Å². The summed E-state index contributed by atoms with van der Waals surface area (Å²) < 4.78 is 4.79. The topological polar surface area (TPSA) is 124 Å². The fourth-order valence-electron chi connectivity index (χ4n) is 2.90. The van der Waals surface area contributed by atoms with Crippen LogP contribution in [0.4, 0.5) is 0 Å².